The summed E-state index contributed by atoms with van der Waals surface area (Å²) in [6.07, 6.45) is 3.48. The summed E-state index contributed by atoms with van der Waals surface area (Å²) >= 11 is 0. The van der Waals surface area contributed by atoms with Crippen LogP contribution in [-0.4, -0.2) is 9.97 Å². The fourth-order valence-electron chi connectivity index (χ4n) is 2.05. The minimum Gasteiger partial charge on any atom is -0.398 e. The summed E-state index contributed by atoms with van der Waals surface area (Å²) in [7, 11) is 0. The number of aromatic nitrogens is 2. The first-order valence-corrected chi connectivity index (χ1v) is 5.81. The maximum atomic E-state index is 6.05. The second-order valence-corrected chi connectivity index (χ2v) is 4.36. The van der Waals surface area contributed by atoms with Crippen LogP contribution in [0.25, 0.3) is 22.2 Å². The first kappa shape index (κ1) is 10.7. The summed E-state index contributed by atoms with van der Waals surface area (Å²) in [6, 6.07) is 12.0. The zero-order valence-electron chi connectivity index (χ0n) is 10.1. The Balaban J connectivity index is 2.24. The van der Waals surface area contributed by atoms with Crippen LogP contribution in [0, 0.1) is 6.92 Å². The number of fused-ring (bicyclic) bond motifs is 1. The number of rotatable bonds is 1. The van der Waals surface area contributed by atoms with Gasteiger partial charge in [0, 0.05) is 29.0 Å². The molecule has 3 aromatic rings. The second-order valence-electron chi connectivity index (χ2n) is 4.36. The lowest BCUT2D eigenvalue weighted by atomic mass is 10.1. The lowest BCUT2D eigenvalue weighted by molar-refractivity contribution is 1.32. The standard InChI is InChI=1S/C15H13N3/c1-10-3-2-4-11(7-10)15-8-13(16)12-9-17-6-5-14(12)18-15/h2-9H,1H3,(H2,16,18). The fraction of sp³-hybridized carbons (Fsp3) is 0.0667. The Morgan fingerprint density at radius 1 is 1.11 bits per heavy atom. The van der Waals surface area contributed by atoms with E-state index in [1.54, 1.807) is 12.4 Å². The van der Waals surface area contributed by atoms with Crippen molar-refractivity contribution >= 4 is 16.6 Å². The zero-order chi connectivity index (χ0) is 12.5. The van der Waals surface area contributed by atoms with Crippen molar-refractivity contribution in [3.8, 4) is 11.3 Å². The fourth-order valence-corrected chi connectivity index (χ4v) is 2.05. The molecule has 0 unspecified atom stereocenters. The number of pyridine rings is 2. The number of nitrogens with zero attached hydrogens (tertiary/aromatic N) is 2. The van der Waals surface area contributed by atoms with E-state index in [4.69, 9.17) is 5.73 Å². The summed E-state index contributed by atoms with van der Waals surface area (Å²) in [6.45, 7) is 2.07. The van der Waals surface area contributed by atoms with E-state index in [9.17, 15) is 0 Å². The van der Waals surface area contributed by atoms with Crippen molar-refractivity contribution in [2.75, 3.05) is 5.73 Å². The molecule has 1 aromatic carbocycles. The molecule has 3 nitrogen and oxygen atoms in total. The van der Waals surface area contributed by atoms with Gasteiger partial charge in [0.15, 0.2) is 0 Å². The van der Waals surface area contributed by atoms with Crippen molar-refractivity contribution < 1.29 is 0 Å². The van der Waals surface area contributed by atoms with Crippen molar-refractivity contribution in [1.29, 1.82) is 0 Å². The Morgan fingerprint density at radius 3 is 2.83 bits per heavy atom. The first-order valence-electron chi connectivity index (χ1n) is 5.81. The van der Waals surface area contributed by atoms with Gasteiger partial charge in [0.25, 0.3) is 0 Å². The minimum atomic E-state index is 0.713. The number of hydrogen-bond acceptors (Lipinski definition) is 3. The van der Waals surface area contributed by atoms with E-state index in [1.165, 1.54) is 5.56 Å². The maximum Gasteiger partial charge on any atom is 0.0761 e. The molecule has 0 amide bonds. The van der Waals surface area contributed by atoms with Gasteiger partial charge >= 0.3 is 0 Å². The number of nitrogen functional groups attached to an aromatic ring is 1. The monoisotopic (exact) mass is 235 g/mol. The van der Waals surface area contributed by atoms with Gasteiger partial charge in [-0.05, 0) is 25.1 Å². The Morgan fingerprint density at radius 2 is 2.00 bits per heavy atom. The molecule has 0 aliphatic carbocycles. The van der Waals surface area contributed by atoms with Crippen molar-refractivity contribution in [1.82, 2.24) is 9.97 Å². The topological polar surface area (TPSA) is 51.8 Å². The smallest absolute Gasteiger partial charge is 0.0761 e. The van der Waals surface area contributed by atoms with E-state index in [1.807, 2.05) is 24.3 Å². The zero-order valence-corrected chi connectivity index (χ0v) is 10.1. The summed E-state index contributed by atoms with van der Waals surface area (Å²) in [5.41, 5.74) is 10.8. The maximum absolute atomic E-state index is 6.05. The van der Waals surface area contributed by atoms with Crippen LogP contribution < -0.4 is 5.73 Å². The minimum absolute atomic E-state index is 0.713. The molecule has 0 bridgehead atoms. The molecule has 18 heavy (non-hydrogen) atoms. The molecule has 0 saturated heterocycles. The van der Waals surface area contributed by atoms with E-state index >= 15 is 0 Å². The second kappa shape index (κ2) is 4.11. The van der Waals surface area contributed by atoms with Gasteiger partial charge < -0.3 is 5.73 Å². The molecule has 0 atom stereocenters. The molecule has 0 radical (unpaired) electrons. The average Bonchev–Trinajstić information content (AvgIpc) is 2.39. The number of aryl methyl sites for hydroxylation is 1. The van der Waals surface area contributed by atoms with Gasteiger partial charge in [0.2, 0.25) is 0 Å². The highest BCUT2D eigenvalue weighted by atomic mass is 14.7. The van der Waals surface area contributed by atoms with Crippen LogP contribution in [0.15, 0.2) is 48.8 Å². The molecule has 3 rings (SSSR count). The molecule has 3 heteroatoms. The van der Waals surface area contributed by atoms with Gasteiger partial charge in [-0.15, -0.1) is 0 Å². The third-order valence-corrected chi connectivity index (χ3v) is 2.96. The highest BCUT2D eigenvalue weighted by Crippen LogP contribution is 2.25. The Kier molecular flexibility index (Phi) is 2.45. The van der Waals surface area contributed by atoms with E-state index in [-0.39, 0.29) is 0 Å². The number of benzene rings is 1. The molecule has 0 aliphatic heterocycles. The van der Waals surface area contributed by atoms with Crippen LogP contribution in [-0.2, 0) is 0 Å². The predicted octanol–water partition coefficient (Wildman–Crippen LogP) is 3.19. The van der Waals surface area contributed by atoms with Crippen LogP contribution in [0.5, 0.6) is 0 Å². The van der Waals surface area contributed by atoms with Crippen molar-refractivity contribution in [3.63, 3.8) is 0 Å². The molecule has 0 saturated carbocycles. The number of nitrogens with two attached hydrogens (primary N) is 1. The third kappa shape index (κ3) is 1.80. The Labute approximate surface area is 105 Å². The molecule has 0 fully saturated rings. The van der Waals surface area contributed by atoms with Crippen LogP contribution in [0.1, 0.15) is 5.56 Å². The Bertz CT molecular complexity index is 720. The van der Waals surface area contributed by atoms with Gasteiger partial charge in [-0.25, -0.2) is 4.98 Å². The predicted molar refractivity (Wildman–Crippen MR) is 74.1 cm³/mol. The molecular formula is C15H13N3. The summed E-state index contributed by atoms with van der Waals surface area (Å²) in [5, 5.41) is 0.897. The molecule has 2 aromatic heterocycles. The van der Waals surface area contributed by atoms with Gasteiger partial charge in [-0.1, -0.05) is 23.8 Å². The third-order valence-electron chi connectivity index (χ3n) is 2.96. The quantitative estimate of drug-likeness (QED) is 0.704. The normalized spacial score (nSPS) is 10.7. The van der Waals surface area contributed by atoms with E-state index in [0.717, 1.165) is 22.2 Å². The van der Waals surface area contributed by atoms with Gasteiger partial charge in [-0.3, -0.25) is 4.98 Å². The Hall–Kier alpha value is -2.42. The van der Waals surface area contributed by atoms with E-state index in [0.29, 0.717) is 5.69 Å². The van der Waals surface area contributed by atoms with Crippen LogP contribution in [0.2, 0.25) is 0 Å². The molecule has 2 heterocycles. The summed E-state index contributed by atoms with van der Waals surface area (Å²) in [5.74, 6) is 0. The molecule has 0 spiro atoms. The molecule has 2 N–H and O–H groups in total. The van der Waals surface area contributed by atoms with Crippen molar-refractivity contribution in [2.24, 2.45) is 0 Å². The van der Waals surface area contributed by atoms with Crippen molar-refractivity contribution in [3.05, 3.63) is 54.4 Å². The number of anilines is 1. The van der Waals surface area contributed by atoms with Crippen LogP contribution in [0.3, 0.4) is 0 Å². The van der Waals surface area contributed by atoms with E-state index < -0.39 is 0 Å². The molecule has 0 aliphatic rings. The lowest BCUT2D eigenvalue weighted by Crippen LogP contribution is -1.93. The van der Waals surface area contributed by atoms with Gasteiger partial charge in [0.1, 0.15) is 0 Å². The average molecular weight is 235 g/mol. The summed E-state index contributed by atoms with van der Waals surface area (Å²) < 4.78 is 0. The molecule has 88 valence electrons. The largest absolute Gasteiger partial charge is 0.398 e. The van der Waals surface area contributed by atoms with Gasteiger partial charge in [0.05, 0.1) is 11.2 Å². The summed E-state index contributed by atoms with van der Waals surface area (Å²) in [4.78, 5) is 8.70. The first-order chi connectivity index (χ1) is 8.74. The van der Waals surface area contributed by atoms with Crippen LogP contribution >= 0.6 is 0 Å². The van der Waals surface area contributed by atoms with Crippen molar-refractivity contribution in [2.45, 2.75) is 6.92 Å². The van der Waals surface area contributed by atoms with Gasteiger partial charge in [-0.2, -0.15) is 0 Å². The highest BCUT2D eigenvalue weighted by Gasteiger charge is 2.05. The van der Waals surface area contributed by atoms with E-state index in [2.05, 4.69) is 29.0 Å². The SMILES string of the molecule is Cc1cccc(-c2cc(N)c3cnccc3n2)c1. The molecular weight excluding hydrogens is 222 g/mol. The number of hydrogen-bond donors (Lipinski definition) is 1. The van der Waals surface area contributed by atoms with Crippen LogP contribution in [0.4, 0.5) is 5.69 Å². The lowest BCUT2D eigenvalue weighted by Gasteiger charge is -2.06. The highest BCUT2D eigenvalue weighted by molar-refractivity contribution is 5.91.